The third-order valence-electron chi connectivity index (χ3n) is 2.97. The topological polar surface area (TPSA) is 94.0 Å². The molecule has 6 nitrogen and oxygen atoms in total. The summed E-state index contributed by atoms with van der Waals surface area (Å²) in [5.74, 6) is 1.64. The Morgan fingerprint density at radius 2 is 2.18 bits per heavy atom. The first-order chi connectivity index (χ1) is 10.7. The van der Waals surface area contributed by atoms with Crippen LogP contribution in [0.1, 0.15) is 34.9 Å². The number of carbonyl (C=O) groups excluding carboxylic acids is 1. The van der Waals surface area contributed by atoms with E-state index in [2.05, 4.69) is 15.5 Å². The number of thioether (sulfide) groups is 1. The number of aryl methyl sites for hydroxylation is 1. The van der Waals surface area contributed by atoms with Crippen molar-refractivity contribution in [2.24, 2.45) is 5.73 Å². The Labute approximate surface area is 133 Å². The van der Waals surface area contributed by atoms with Crippen LogP contribution in [-0.4, -0.2) is 29.1 Å². The largest absolute Gasteiger partial charge is 0.352 e. The molecule has 1 heterocycles. The van der Waals surface area contributed by atoms with Gasteiger partial charge in [-0.2, -0.15) is 4.98 Å². The number of amides is 1. The lowest BCUT2D eigenvalue weighted by molar-refractivity contribution is 0.0950. The number of hydrogen-bond acceptors (Lipinski definition) is 6. The predicted octanol–water partition coefficient (Wildman–Crippen LogP) is 2.14. The van der Waals surface area contributed by atoms with Crippen LogP contribution in [-0.2, 0) is 5.75 Å². The Morgan fingerprint density at radius 3 is 2.91 bits per heavy atom. The molecule has 0 fully saturated rings. The molecule has 0 radical (unpaired) electrons. The first kappa shape index (κ1) is 16.5. The monoisotopic (exact) mass is 320 g/mol. The summed E-state index contributed by atoms with van der Waals surface area (Å²) in [7, 11) is 0. The minimum Gasteiger partial charge on any atom is -0.352 e. The third kappa shape index (κ3) is 4.85. The number of rotatable bonds is 8. The molecular weight excluding hydrogens is 300 g/mol. The van der Waals surface area contributed by atoms with Gasteiger partial charge in [0.2, 0.25) is 5.89 Å². The van der Waals surface area contributed by atoms with Crippen molar-refractivity contribution in [1.82, 2.24) is 15.5 Å². The number of aromatic nitrogens is 2. The van der Waals surface area contributed by atoms with Crippen LogP contribution in [0.4, 0.5) is 0 Å². The zero-order chi connectivity index (χ0) is 15.8. The molecular formula is C15H20N4O2S. The van der Waals surface area contributed by atoms with Crippen molar-refractivity contribution in [3.8, 4) is 0 Å². The number of hydrogen-bond donors (Lipinski definition) is 2. The van der Waals surface area contributed by atoms with Crippen molar-refractivity contribution in [1.29, 1.82) is 0 Å². The molecule has 0 aliphatic carbocycles. The lowest BCUT2D eigenvalue weighted by Gasteiger charge is -2.09. The molecule has 1 amide bonds. The summed E-state index contributed by atoms with van der Waals surface area (Å²) >= 11 is 1.51. The van der Waals surface area contributed by atoms with Gasteiger partial charge in [-0.25, -0.2) is 0 Å². The van der Waals surface area contributed by atoms with Gasteiger partial charge in [-0.3, -0.25) is 4.79 Å². The fourth-order valence-electron chi connectivity index (χ4n) is 1.88. The van der Waals surface area contributed by atoms with E-state index < -0.39 is 0 Å². The average molecular weight is 320 g/mol. The van der Waals surface area contributed by atoms with Crippen LogP contribution in [0.2, 0.25) is 0 Å². The molecule has 0 saturated heterocycles. The number of nitrogens with two attached hydrogens (primary N) is 1. The molecule has 2 rings (SSSR count). The normalized spacial score (nSPS) is 10.6. The van der Waals surface area contributed by atoms with Crippen LogP contribution in [0.3, 0.4) is 0 Å². The number of benzene rings is 1. The summed E-state index contributed by atoms with van der Waals surface area (Å²) in [5.41, 5.74) is 6.10. The standard InChI is InChI=1S/C15H20N4O2S/c1-11-18-14(21-19-11)10-22-13-7-3-2-6-12(13)15(20)17-9-5-4-8-16/h2-3,6-7H,4-5,8-10,16H2,1H3,(H,17,20). The SMILES string of the molecule is Cc1noc(CSc2ccccc2C(=O)NCCCCN)n1. The van der Waals surface area contributed by atoms with Crippen molar-refractivity contribution in [3.63, 3.8) is 0 Å². The fraction of sp³-hybridized carbons (Fsp3) is 0.400. The zero-order valence-electron chi connectivity index (χ0n) is 12.5. The molecule has 22 heavy (non-hydrogen) atoms. The Hall–Kier alpha value is -1.86. The smallest absolute Gasteiger partial charge is 0.252 e. The zero-order valence-corrected chi connectivity index (χ0v) is 13.4. The van der Waals surface area contributed by atoms with Gasteiger partial charge in [-0.1, -0.05) is 17.3 Å². The van der Waals surface area contributed by atoms with Gasteiger partial charge >= 0.3 is 0 Å². The van der Waals surface area contributed by atoms with E-state index >= 15 is 0 Å². The van der Waals surface area contributed by atoms with Crippen molar-refractivity contribution in [3.05, 3.63) is 41.5 Å². The van der Waals surface area contributed by atoms with Gasteiger partial charge in [-0.15, -0.1) is 11.8 Å². The van der Waals surface area contributed by atoms with Crippen LogP contribution in [0, 0.1) is 6.92 Å². The molecule has 118 valence electrons. The van der Waals surface area contributed by atoms with E-state index in [-0.39, 0.29) is 5.91 Å². The number of carbonyl (C=O) groups is 1. The molecule has 1 aromatic heterocycles. The van der Waals surface area contributed by atoms with Crippen LogP contribution in [0.25, 0.3) is 0 Å². The van der Waals surface area contributed by atoms with Gasteiger partial charge < -0.3 is 15.6 Å². The summed E-state index contributed by atoms with van der Waals surface area (Å²) in [4.78, 5) is 17.3. The molecule has 0 bridgehead atoms. The molecule has 0 aliphatic rings. The molecule has 0 aliphatic heterocycles. The number of unbranched alkanes of at least 4 members (excludes halogenated alkanes) is 1. The molecule has 2 aromatic rings. The summed E-state index contributed by atoms with van der Waals surface area (Å²) in [6, 6.07) is 7.50. The van der Waals surface area contributed by atoms with E-state index in [9.17, 15) is 4.79 Å². The first-order valence-electron chi connectivity index (χ1n) is 7.20. The lowest BCUT2D eigenvalue weighted by atomic mass is 10.2. The highest BCUT2D eigenvalue weighted by atomic mass is 32.2. The molecule has 0 atom stereocenters. The molecule has 3 N–H and O–H groups in total. The molecule has 0 saturated carbocycles. The van der Waals surface area contributed by atoms with Gasteiger partial charge in [0.25, 0.3) is 5.91 Å². The van der Waals surface area contributed by atoms with E-state index in [0.29, 0.717) is 36.1 Å². The van der Waals surface area contributed by atoms with E-state index in [1.807, 2.05) is 24.3 Å². The highest BCUT2D eigenvalue weighted by Gasteiger charge is 2.12. The van der Waals surface area contributed by atoms with Gasteiger partial charge in [0.15, 0.2) is 5.82 Å². The van der Waals surface area contributed by atoms with E-state index in [4.69, 9.17) is 10.3 Å². The Morgan fingerprint density at radius 1 is 1.36 bits per heavy atom. The van der Waals surface area contributed by atoms with Crippen molar-refractivity contribution < 1.29 is 9.32 Å². The quantitative estimate of drug-likeness (QED) is 0.571. The second kappa shape index (κ2) is 8.55. The maximum Gasteiger partial charge on any atom is 0.252 e. The van der Waals surface area contributed by atoms with Gasteiger partial charge in [-0.05, 0) is 38.4 Å². The summed E-state index contributed by atoms with van der Waals surface area (Å²) in [6.45, 7) is 3.06. The van der Waals surface area contributed by atoms with Gasteiger partial charge in [0, 0.05) is 11.4 Å². The highest BCUT2D eigenvalue weighted by Crippen LogP contribution is 2.25. The molecule has 0 spiro atoms. The number of nitrogens with zero attached hydrogens (tertiary/aromatic N) is 2. The second-order valence-corrected chi connectivity index (χ2v) is 5.79. The van der Waals surface area contributed by atoms with Crippen molar-refractivity contribution in [2.75, 3.05) is 13.1 Å². The van der Waals surface area contributed by atoms with E-state index in [1.54, 1.807) is 6.92 Å². The van der Waals surface area contributed by atoms with E-state index in [0.717, 1.165) is 17.7 Å². The molecule has 1 aromatic carbocycles. The van der Waals surface area contributed by atoms with Crippen LogP contribution in [0.5, 0.6) is 0 Å². The molecule has 7 heteroatoms. The maximum atomic E-state index is 12.2. The Balaban J connectivity index is 1.95. The Kier molecular flexibility index (Phi) is 6.42. The Bertz CT molecular complexity index is 615. The first-order valence-corrected chi connectivity index (χ1v) is 8.18. The van der Waals surface area contributed by atoms with Crippen molar-refractivity contribution >= 4 is 17.7 Å². The maximum absolute atomic E-state index is 12.2. The minimum absolute atomic E-state index is 0.0677. The van der Waals surface area contributed by atoms with Crippen molar-refractivity contribution in [2.45, 2.75) is 30.4 Å². The van der Waals surface area contributed by atoms with Crippen LogP contribution in [0.15, 0.2) is 33.7 Å². The van der Waals surface area contributed by atoms with Crippen LogP contribution < -0.4 is 11.1 Å². The van der Waals surface area contributed by atoms with E-state index in [1.165, 1.54) is 11.8 Å². The second-order valence-electron chi connectivity index (χ2n) is 4.77. The minimum atomic E-state index is -0.0677. The summed E-state index contributed by atoms with van der Waals surface area (Å²) in [6.07, 6.45) is 1.80. The van der Waals surface area contributed by atoms with Crippen LogP contribution >= 0.6 is 11.8 Å². The predicted molar refractivity (Wildman–Crippen MR) is 85.7 cm³/mol. The third-order valence-corrected chi connectivity index (χ3v) is 4.03. The highest BCUT2D eigenvalue weighted by molar-refractivity contribution is 7.98. The lowest BCUT2D eigenvalue weighted by Crippen LogP contribution is -2.25. The van der Waals surface area contributed by atoms with Gasteiger partial charge in [0.05, 0.1) is 11.3 Å². The average Bonchev–Trinajstić information content (AvgIpc) is 2.95. The molecule has 0 unspecified atom stereocenters. The van der Waals surface area contributed by atoms with Gasteiger partial charge in [0.1, 0.15) is 0 Å². The fourth-order valence-corrected chi connectivity index (χ4v) is 2.77. The number of nitrogens with one attached hydrogen (secondary N) is 1. The summed E-state index contributed by atoms with van der Waals surface area (Å²) < 4.78 is 5.08. The summed E-state index contributed by atoms with van der Waals surface area (Å²) in [5, 5.41) is 6.67.